The zero-order valence-corrected chi connectivity index (χ0v) is 19.5. The van der Waals surface area contributed by atoms with Crippen LogP contribution in [0.15, 0.2) is 64.3 Å². The van der Waals surface area contributed by atoms with E-state index in [4.69, 9.17) is 4.74 Å². The highest BCUT2D eigenvalue weighted by Gasteiger charge is 2.16. The molecule has 6 nitrogen and oxygen atoms in total. The number of rotatable bonds is 4. The third kappa shape index (κ3) is 4.20. The molecule has 4 heterocycles. The van der Waals surface area contributed by atoms with Gasteiger partial charge in [-0.25, -0.2) is 9.37 Å². The van der Waals surface area contributed by atoms with Crippen LogP contribution in [0.4, 0.5) is 10.1 Å². The lowest BCUT2D eigenvalue weighted by atomic mass is 10.1. The second-order valence-corrected chi connectivity index (χ2v) is 9.06. The summed E-state index contributed by atoms with van der Waals surface area (Å²) in [5.41, 5.74) is 3.96. The number of thiol groups is 1. The van der Waals surface area contributed by atoms with Gasteiger partial charge in [-0.05, 0) is 41.5 Å². The first-order valence-electron chi connectivity index (χ1n) is 10.2. The average molecular weight is 515 g/mol. The van der Waals surface area contributed by atoms with Gasteiger partial charge in [-0.1, -0.05) is 28.7 Å². The van der Waals surface area contributed by atoms with Crippen molar-refractivity contribution in [2.75, 3.05) is 31.2 Å². The Hall–Kier alpha value is -2.62. The lowest BCUT2D eigenvalue weighted by Gasteiger charge is -2.28. The molecule has 1 aromatic carbocycles. The normalized spacial score (nSPS) is 14.3. The summed E-state index contributed by atoms with van der Waals surface area (Å²) in [5, 5.41) is 0.926. The van der Waals surface area contributed by atoms with Gasteiger partial charge in [0.2, 0.25) is 0 Å². The number of morpholine rings is 1. The van der Waals surface area contributed by atoms with Gasteiger partial charge < -0.3 is 14.2 Å². The van der Waals surface area contributed by atoms with Crippen molar-refractivity contribution in [1.82, 2.24) is 13.5 Å². The molecule has 9 heteroatoms. The van der Waals surface area contributed by atoms with E-state index >= 15 is 0 Å². The van der Waals surface area contributed by atoms with Crippen LogP contribution in [0.5, 0.6) is 0 Å². The fraction of sp³-hybridized carbons (Fsp3) is 0.217. The Morgan fingerprint density at radius 2 is 1.97 bits per heavy atom. The third-order valence-electron chi connectivity index (χ3n) is 5.57. The van der Waals surface area contributed by atoms with Crippen molar-refractivity contribution >= 4 is 45.5 Å². The monoisotopic (exact) mass is 514 g/mol. The number of pyridine rings is 2. The second kappa shape index (κ2) is 8.73. The van der Waals surface area contributed by atoms with E-state index in [9.17, 15) is 9.18 Å². The molecule has 0 amide bonds. The molecule has 0 N–H and O–H groups in total. The smallest absolute Gasteiger partial charge is 0.251 e. The molecule has 1 aliphatic heterocycles. The number of ether oxygens (including phenoxy) is 1. The van der Waals surface area contributed by atoms with Gasteiger partial charge in [-0.3, -0.25) is 8.77 Å². The molecular formula is C23H20BrFN4O2S. The summed E-state index contributed by atoms with van der Waals surface area (Å²) in [6.07, 6.45) is 5.45. The summed E-state index contributed by atoms with van der Waals surface area (Å²) in [5.74, 6) is -0.343. The van der Waals surface area contributed by atoms with E-state index in [1.54, 1.807) is 26.9 Å². The van der Waals surface area contributed by atoms with E-state index in [1.807, 2.05) is 18.5 Å². The molecule has 0 saturated carbocycles. The second-order valence-electron chi connectivity index (χ2n) is 7.71. The van der Waals surface area contributed by atoms with Crippen molar-refractivity contribution in [3.05, 3.63) is 81.2 Å². The fourth-order valence-corrected chi connectivity index (χ4v) is 4.80. The number of nitrogens with zero attached hydrogens (tertiary/aromatic N) is 4. The molecule has 3 aromatic heterocycles. The molecule has 0 radical (unpaired) electrons. The Balaban J connectivity index is 1.50. The summed E-state index contributed by atoms with van der Waals surface area (Å²) in [4.78, 5) is 19.7. The summed E-state index contributed by atoms with van der Waals surface area (Å²) >= 11 is 7.81. The quantitative estimate of drug-likeness (QED) is 0.411. The molecule has 0 spiro atoms. The Morgan fingerprint density at radius 1 is 1.16 bits per heavy atom. The maximum Gasteiger partial charge on any atom is 0.251 e. The Kier molecular flexibility index (Phi) is 5.79. The minimum atomic E-state index is -0.343. The van der Waals surface area contributed by atoms with Gasteiger partial charge in [-0.15, -0.1) is 0 Å². The molecular weight excluding hydrogens is 495 g/mol. The van der Waals surface area contributed by atoms with Crippen molar-refractivity contribution in [2.45, 2.75) is 6.54 Å². The molecule has 1 saturated heterocycles. The molecule has 4 aromatic rings. The van der Waals surface area contributed by atoms with Crippen LogP contribution < -0.4 is 10.5 Å². The topological polar surface area (TPSA) is 52.3 Å². The minimum Gasteiger partial charge on any atom is -0.378 e. The summed E-state index contributed by atoms with van der Waals surface area (Å²) in [6.45, 7) is 3.30. The molecule has 164 valence electrons. The highest BCUT2D eigenvalue weighted by atomic mass is 79.9. The molecule has 0 unspecified atom stereocenters. The SMILES string of the molecule is O=c1cc(-c2cn(S)c3ncc(N4CCOCC4)cc23)ccn1Cc1cc(F)cc(Br)c1. The van der Waals surface area contributed by atoms with Crippen LogP contribution in [0.2, 0.25) is 0 Å². The first-order valence-corrected chi connectivity index (χ1v) is 11.4. The van der Waals surface area contributed by atoms with Crippen molar-refractivity contribution in [2.24, 2.45) is 0 Å². The molecule has 5 rings (SSSR count). The zero-order valence-electron chi connectivity index (χ0n) is 17.0. The van der Waals surface area contributed by atoms with E-state index < -0.39 is 0 Å². The largest absolute Gasteiger partial charge is 0.378 e. The van der Waals surface area contributed by atoms with Gasteiger partial charge in [0, 0.05) is 47.0 Å². The lowest BCUT2D eigenvalue weighted by molar-refractivity contribution is 0.122. The number of anilines is 1. The first-order chi connectivity index (χ1) is 15.5. The minimum absolute atomic E-state index is 0.166. The van der Waals surface area contributed by atoms with Crippen LogP contribution in [0, 0.1) is 5.82 Å². The van der Waals surface area contributed by atoms with Crippen LogP contribution in [0.1, 0.15) is 5.56 Å². The molecule has 1 aliphatic rings. The lowest BCUT2D eigenvalue weighted by Crippen LogP contribution is -2.36. The van der Waals surface area contributed by atoms with Crippen molar-refractivity contribution < 1.29 is 9.13 Å². The van der Waals surface area contributed by atoms with Gasteiger partial charge >= 0.3 is 0 Å². The molecule has 32 heavy (non-hydrogen) atoms. The van der Waals surface area contributed by atoms with E-state index in [2.05, 4.69) is 44.7 Å². The molecule has 0 aliphatic carbocycles. The van der Waals surface area contributed by atoms with Gasteiger partial charge in [0.25, 0.3) is 5.56 Å². The third-order valence-corrected chi connectivity index (χ3v) is 6.33. The highest BCUT2D eigenvalue weighted by Crippen LogP contribution is 2.32. The number of hydrogen-bond donors (Lipinski definition) is 1. The maximum atomic E-state index is 13.7. The first kappa shape index (κ1) is 21.2. The Bertz CT molecular complexity index is 1340. The summed E-state index contributed by atoms with van der Waals surface area (Å²) in [7, 11) is 0. The van der Waals surface area contributed by atoms with Gasteiger partial charge in [0.15, 0.2) is 5.65 Å². The molecule has 0 atom stereocenters. The summed E-state index contributed by atoms with van der Waals surface area (Å²) in [6, 6.07) is 10.2. The predicted octanol–water partition coefficient (Wildman–Crippen LogP) is 4.34. The predicted molar refractivity (Wildman–Crippen MR) is 130 cm³/mol. The van der Waals surface area contributed by atoms with E-state index in [1.165, 1.54) is 12.1 Å². The van der Waals surface area contributed by atoms with Crippen LogP contribution in [0.25, 0.3) is 22.2 Å². The van der Waals surface area contributed by atoms with Crippen molar-refractivity contribution in [1.29, 1.82) is 0 Å². The number of aromatic nitrogens is 3. The fourth-order valence-electron chi connectivity index (χ4n) is 4.01. The van der Waals surface area contributed by atoms with E-state index in [-0.39, 0.29) is 17.9 Å². The standard InChI is InChI=1S/C23H20BrFN4O2S/c24-17-7-15(8-18(25)10-17)13-28-2-1-16(9-22(28)30)21-14-29(32)23-20(21)11-19(12-26-23)27-3-5-31-6-4-27/h1-2,7-12,14,32H,3-6,13H2. The van der Waals surface area contributed by atoms with Crippen LogP contribution in [0.3, 0.4) is 0 Å². The van der Waals surface area contributed by atoms with Crippen LogP contribution >= 0.6 is 28.7 Å². The maximum absolute atomic E-state index is 13.7. The van der Waals surface area contributed by atoms with Crippen molar-refractivity contribution in [3.8, 4) is 11.1 Å². The molecule has 1 fully saturated rings. The van der Waals surface area contributed by atoms with E-state index in [0.717, 1.165) is 40.9 Å². The van der Waals surface area contributed by atoms with E-state index in [0.29, 0.717) is 23.2 Å². The number of benzene rings is 1. The Morgan fingerprint density at radius 3 is 2.72 bits per heavy atom. The average Bonchev–Trinajstić information content (AvgIpc) is 3.11. The van der Waals surface area contributed by atoms with Crippen LogP contribution in [-0.4, -0.2) is 39.8 Å². The molecule has 0 bridgehead atoms. The van der Waals surface area contributed by atoms with Crippen LogP contribution in [-0.2, 0) is 11.3 Å². The highest BCUT2D eigenvalue weighted by molar-refractivity contribution is 9.10. The number of halogens is 2. The Labute approximate surface area is 197 Å². The van der Waals surface area contributed by atoms with Gasteiger partial charge in [0.1, 0.15) is 5.82 Å². The summed E-state index contributed by atoms with van der Waals surface area (Å²) < 4.78 is 23.0. The van der Waals surface area contributed by atoms with Gasteiger partial charge in [0.05, 0.1) is 31.6 Å². The number of fused-ring (bicyclic) bond motifs is 1. The van der Waals surface area contributed by atoms with Gasteiger partial charge in [-0.2, -0.15) is 0 Å². The zero-order chi connectivity index (χ0) is 22.2. The number of hydrogen-bond acceptors (Lipinski definition) is 5. The van der Waals surface area contributed by atoms with Crippen molar-refractivity contribution in [3.63, 3.8) is 0 Å².